The number of benzene rings is 8. The van der Waals surface area contributed by atoms with Crippen LogP contribution in [0.4, 0.5) is 17.1 Å². The average molecular weight is 748 g/mol. The molecule has 270 valence electrons. The predicted molar refractivity (Wildman–Crippen MR) is 242 cm³/mol. The fourth-order valence-corrected chi connectivity index (χ4v) is 12.4. The van der Waals surface area contributed by atoms with E-state index in [9.17, 15) is 0 Å². The van der Waals surface area contributed by atoms with Crippen molar-refractivity contribution >= 4 is 62.0 Å². The lowest BCUT2D eigenvalue weighted by molar-refractivity contribution is 0.593. The van der Waals surface area contributed by atoms with E-state index < -0.39 is 7.14 Å². The van der Waals surface area contributed by atoms with E-state index in [4.69, 9.17) is 0 Å². The Kier molecular flexibility index (Phi) is 7.95. The maximum absolute atomic E-state index is 16.6. The van der Waals surface area contributed by atoms with Crippen LogP contribution < -0.4 is 15.5 Å². The minimum Gasteiger partial charge on any atom is -0.309 e. The molecule has 0 bridgehead atoms. The van der Waals surface area contributed by atoms with Gasteiger partial charge in [0.05, 0.1) is 11.4 Å². The Morgan fingerprint density at radius 1 is 0.456 bits per heavy atom. The van der Waals surface area contributed by atoms with Crippen LogP contribution in [0.3, 0.4) is 0 Å². The molecule has 2 aliphatic heterocycles. The molecular formula is C54H38NOP. The molecule has 8 aromatic rings. The lowest BCUT2D eigenvalue weighted by Crippen LogP contribution is -2.17. The highest BCUT2D eigenvalue weighted by Crippen LogP contribution is 2.68. The van der Waals surface area contributed by atoms with Crippen molar-refractivity contribution in [3.63, 3.8) is 0 Å². The quantitative estimate of drug-likeness (QED) is 0.163. The van der Waals surface area contributed by atoms with Gasteiger partial charge in [0.25, 0.3) is 0 Å². The summed E-state index contributed by atoms with van der Waals surface area (Å²) >= 11 is 0. The first kappa shape index (κ1) is 33.6. The maximum Gasteiger partial charge on any atom is 0.172 e. The minimum absolute atomic E-state index is 0.857. The fraction of sp³-hybridized carbons (Fsp3) is 0.0370. The Bertz CT molecular complexity index is 3040. The Morgan fingerprint density at radius 2 is 1.07 bits per heavy atom. The van der Waals surface area contributed by atoms with Gasteiger partial charge in [-0.2, -0.15) is 0 Å². The van der Waals surface area contributed by atoms with Gasteiger partial charge >= 0.3 is 0 Å². The van der Waals surface area contributed by atoms with Gasteiger partial charge in [-0.1, -0.05) is 170 Å². The predicted octanol–water partition coefficient (Wildman–Crippen LogP) is 13.9. The molecule has 57 heavy (non-hydrogen) atoms. The third-order valence-electron chi connectivity index (χ3n) is 11.8. The molecule has 0 N–H and O–H groups in total. The van der Waals surface area contributed by atoms with E-state index in [-0.39, 0.29) is 0 Å². The molecular weight excluding hydrogens is 710 g/mol. The van der Waals surface area contributed by atoms with Crippen molar-refractivity contribution < 1.29 is 4.57 Å². The molecule has 0 amide bonds. The first-order valence-electron chi connectivity index (χ1n) is 19.8. The van der Waals surface area contributed by atoms with Gasteiger partial charge in [0, 0.05) is 38.3 Å². The number of anilines is 3. The number of rotatable bonds is 5. The van der Waals surface area contributed by atoms with Gasteiger partial charge in [-0.25, -0.2) is 0 Å². The molecule has 0 fully saturated rings. The lowest BCUT2D eigenvalue weighted by Gasteiger charge is -2.30. The Labute approximate surface area is 333 Å². The van der Waals surface area contributed by atoms with E-state index in [1.54, 1.807) is 0 Å². The Balaban J connectivity index is 1.16. The molecule has 0 aromatic heterocycles. The first-order valence-corrected chi connectivity index (χ1v) is 21.5. The van der Waals surface area contributed by atoms with Crippen molar-refractivity contribution in [1.82, 2.24) is 0 Å². The SMILES string of the molecule is O=P1(c2ccc3ccccc3c2)C2=C(c3ccccc3N(c3cc(-c4ccccc4)cc(-c4ccc(C5=CCCC=C5)cc4)c3)c3ccccc32)c2ccccc21. The van der Waals surface area contributed by atoms with Gasteiger partial charge in [-0.05, 0) is 99.0 Å². The van der Waals surface area contributed by atoms with Crippen LogP contribution in [0.25, 0.3) is 49.5 Å². The number of fused-ring (bicyclic) bond motifs is 7. The van der Waals surface area contributed by atoms with Crippen LogP contribution in [0.1, 0.15) is 35.1 Å². The van der Waals surface area contributed by atoms with Crippen molar-refractivity contribution in [2.24, 2.45) is 0 Å². The van der Waals surface area contributed by atoms with Crippen molar-refractivity contribution in [3.05, 3.63) is 229 Å². The van der Waals surface area contributed by atoms with Crippen LogP contribution in [0, 0.1) is 0 Å². The third-order valence-corrected chi connectivity index (χ3v) is 15.0. The van der Waals surface area contributed by atoms with E-state index in [2.05, 4.69) is 205 Å². The second-order valence-corrected chi connectivity index (χ2v) is 17.8. The topological polar surface area (TPSA) is 20.3 Å². The maximum atomic E-state index is 16.6. The molecule has 1 aliphatic carbocycles. The third kappa shape index (κ3) is 5.44. The van der Waals surface area contributed by atoms with Crippen LogP contribution in [0.5, 0.6) is 0 Å². The van der Waals surface area contributed by atoms with Crippen LogP contribution >= 0.6 is 7.14 Å². The first-order chi connectivity index (χ1) is 28.1. The van der Waals surface area contributed by atoms with Crippen LogP contribution in [-0.2, 0) is 4.57 Å². The molecule has 2 nitrogen and oxygen atoms in total. The summed E-state index contributed by atoms with van der Waals surface area (Å²) in [6, 6.07) is 67.0. The zero-order valence-corrected chi connectivity index (χ0v) is 32.2. The van der Waals surface area contributed by atoms with E-state index in [1.165, 1.54) is 11.1 Å². The van der Waals surface area contributed by atoms with Gasteiger partial charge in [0.1, 0.15) is 0 Å². The summed E-state index contributed by atoms with van der Waals surface area (Å²) in [6.45, 7) is 0. The van der Waals surface area contributed by atoms with Gasteiger partial charge in [0.2, 0.25) is 0 Å². The molecule has 0 spiro atoms. The number of para-hydroxylation sites is 2. The number of hydrogen-bond acceptors (Lipinski definition) is 2. The molecule has 8 aromatic carbocycles. The standard InChI is InChI=1S/C54H38NOP/c56-57(46-32-31-39-19-7-8-20-42(39)36-46)52-26-14-11-23-49(52)53-47-21-9-12-24-50(47)55(51-25-13-10-22-48(51)54(53)57)45-34-43(38-17-5-2-6-18-38)33-44(35-45)41-29-27-40(28-30-41)37-15-3-1-4-16-37/h2-3,5-36H,1,4H2. The van der Waals surface area contributed by atoms with Crippen molar-refractivity contribution in [2.75, 3.05) is 4.90 Å². The highest BCUT2D eigenvalue weighted by atomic mass is 31.2. The van der Waals surface area contributed by atoms with Crippen LogP contribution in [-0.4, -0.2) is 0 Å². The summed E-state index contributed by atoms with van der Waals surface area (Å²) in [5, 5.41) is 4.89. The summed E-state index contributed by atoms with van der Waals surface area (Å²) in [7, 11) is -3.37. The number of nitrogens with zero attached hydrogens (tertiary/aromatic N) is 1. The van der Waals surface area contributed by atoms with Crippen LogP contribution in [0.15, 0.2) is 206 Å². The molecule has 2 heterocycles. The highest BCUT2D eigenvalue weighted by molar-refractivity contribution is 7.88. The Hall–Kier alpha value is -6.73. The van der Waals surface area contributed by atoms with Gasteiger partial charge in [0.15, 0.2) is 7.14 Å². The number of allylic oxidation sites excluding steroid dienone is 4. The molecule has 1 atom stereocenters. The average Bonchev–Trinajstić information content (AvgIpc) is 3.47. The summed E-state index contributed by atoms with van der Waals surface area (Å²) in [5.74, 6) is 0. The minimum atomic E-state index is -3.37. The molecule has 3 heteroatoms. The molecule has 0 radical (unpaired) electrons. The number of hydrogen-bond donors (Lipinski definition) is 0. The lowest BCUT2D eigenvalue weighted by atomic mass is 9.94. The summed E-state index contributed by atoms with van der Waals surface area (Å²) in [5.41, 5.74) is 14.4. The molecule has 0 saturated heterocycles. The zero-order valence-electron chi connectivity index (χ0n) is 31.3. The van der Waals surface area contributed by atoms with Crippen molar-refractivity contribution in [1.29, 1.82) is 0 Å². The monoisotopic (exact) mass is 747 g/mol. The second-order valence-electron chi connectivity index (χ2n) is 15.1. The second kappa shape index (κ2) is 13.5. The zero-order chi connectivity index (χ0) is 37.9. The van der Waals surface area contributed by atoms with Crippen molar-refractivity contribution in [3.8, 4) is 22.3 Å². The largest absolute Gasteiger partial charge is 0.309 e. The molecule has 3 aliphatic rings. The summed E-state index contributed by atoms with van der Waals surface area (Å²) in [4.78, 5) is 2.40. The van der Waals surface area contributed by atoms with Gasteiger partial charge < -0.3 is 9.46 Å². The summed E-state index contributed by atoms with van der Waals surface area (Å²) in [6.07, 6.45) is 9.02. The smallest absolute Gasteiger partial charge is 0.172 e. The van der Waals surface area contributed by atoms with Gasteiger partial charge in [-0.3, -0.25) is 0 Å². The molecule has 1 unspecified atom stereocenters. The molecule has 0 saturated carbocycles. The Morgan fingerprint density at radius 3 is 1.82 bits per heavy atom. The van der Waals surface area contributed by atoms with E-state index in [0.29, 0.717) is 0 Å². The van der Waals surface area contributed by atoms with E-state index in [0.717, 1.165) is 101 Å². The van der Waals surface area contributed by atoms with Crippen molar-refractivity contribution in [2.45, 2.75) is 12.8 Å². The normalized spacial score (nSPS) is 16.7. The van der Waals surface area contributed by atoms with E-state index in [1.807, 2.05) is 6.07 Å². The van der Waals surface area contributed by atoms with E-state index >= 15 is 4.57 Å². The summed E-state index contributed by atoms with van der Waals surface area (Å²) < 4.78 is 16.6. The van der Waals surface area contributed by atoms with Gasteiger partial charge in [-0.15, -0.1) is 0 Å². The molecule has 11 rings (SSSR count). The van der Waals surface area contributed by atoms with Crippen LogP contribution in [0.2, 0.25) is 0 Å². The fourth-order valence-electron chi connectivity index (χ4n) is 9.13. The highest BCUT2D eigenvalue weighted by Gasteiger charge is 2.46.